The molecule has 1 heterocycles. The van der Waals surface area contributed by atoms with E-state index in [1.165, 1.54) is 0 Å². The molecule has 0 aliphatic heterocycles. The third kappa shape index (κ3) is 4.29. The molecule has 1 aromatic carbocycles. The minimum atomic E-state index is -0.975. The van der Waals surface area contributed by atoms with E-state index in [2.05, 4.69) is 10.2 Å². The number of methoxy groups -OCH3 is 1. The van der Waals surface area contributed by atoms with Gasteiger partial charge in [-0.25, -0.2) is 0 Å². The molecule has 1 aromatic heterocycles. The van der Waals surface area contributed by atoms with Crippen LogP contribution in [0.1, 0.15) is 25.8 Å². The first-order valence-electron chi connectivity index (χ1n) is 7.74. The van der Waals surface area contributed by atoms with E-state index in [1.807, 2.05) is 18.2 Å². The molecular weight excluding hydrogens is 308 g/mol. The topological polar surface area (TPSA) is 81.5 Å². The minimum absolute atomic E-state index is 0.533. The molecule has 0 saturated carbocycles. The predicted octanol–water partition coefficient (Wildman–Crippen LogP) is 2.92. The molecule has 0 aliphatic carbocycles. The average Bonchev–Trinajstić information content (AvgIpc) is 2.59. The molecule has 128 valence electrons. The van der Waals surface area contributed by atoms with Crippen molar-refractivity contribution in [2.75, 3.05) is 20.3 Å². The number of hydrogen-bond acceptors (Lipinski definition) is 5. The summed E-state index contributed by atoms with van der Waals surface area (Å²) < 4.78 is 10.6. The molecule has 24 heavy (non-hydrogen) atoms. The number of carboxylic acid groups (broad SMARTS) is 1. The maximum absolute atomic E-state index is 11.4. The fourth-order valence-corrected chi connectivity index (χ4v) is 2.15. The Morgan fingerprint density at radius 3 is 2.75 bits per heavy atom. The normalized spacial score (nSPS) is 11.3. The van der Waals surface area contributed by atoms with E-state index in [1.54, 1.807) is 39.3 Å². The summed E-state index contributed by atoms with van der Waals surface area (Å²) in [7, 11) is 1.65. The highest BCUT2D eigenvalue weighted by Gasteiger charge is 2.29. The standard InChI is InChI=1S/C18H22N2O4/c1-18(2,17(21)22)14-7-4-6-13(10-14)16-11-15(12-19-20-16)24-9-5-8-23-3/h4,6-7,10-12H,5,8-9H2,1-3H3,(H,21,22). The Labute approximate surface area is 141 Å². The molecule has 0 aliphatic rings. The fraction of sp³-hybridized carbons (Fsp3) is 0.389. The Hall–Kier alpha value is -2.47. The molecule has 0 fully saturated rings. The van der Waals surface area contributed by atoms with Crippen LogP contribution in [-0.2, 0) is 14.9 Å². The van der Waals surface area contributed by atoms with Crippen LogP contribution in [0.5, 0.6) is 5.75 Å². The van der Waals surface area contributed by atoms with Gasteiger partial charge >= 0.3 is 5.97 Å². The Balaban J connectivity index is 2.21. The first-order valence-corrected chi connectivity index (χ1v) is 7.74. The molecule has 2 aromatic rings. The molecule has 0 radical (unpaired) electrons. The van der Waals surface area contributed by atoms with Gasteiger partial charge in [0, 0.05) is 31.8 Å². The van der Waals surface area contributed by atoms with Crippen molar-refractivity contribution < 1.29 is 19.4 Å². The number of benzene rings is 1. The van der Waals surface area contributed by atoms with Crippen molar-refractivity contribution in [1.29, 1.82) is 0 Å². The van der Waals surface area contributed by atoms with E-state index in [0.29, 0.717) is 30.2 Å². The molecule has 0 unspecified atom stereocenters. The molecule has 0 spiro atoms. The van der Waals surface area contributed by atoms with Gasteiger partial charge in [-0.1, -0.05) is 18.2 Å². The highest BCUT2D eigenvalue weighted by Crippen LogP contribution is 2.28. The number of aromatic nitrogens is 2. The largest absolute Gasteiger partial charge is 0.492 e. The van der Waals surface area contributed by atoms with Crippen LogP contribution in [0.3, 0.4) is 0 Å². The molecule has 0 saturated heterocycles. The summed E-state index contributed by atoms with van der Waals surface area (Å²) in [5, 5.41) is 17.5. The van der Waals surface area contributed by atoms with Crippen LogP contribution in [0.2, 0.25) is 0 Å². The maximum atomic E-state index is 11.4. The van der Waals surface area contributed by atoms with E-state index in [9.17, 15) is 9.90 Å². The van der Waals surface area contributed by atoms with Gasteiger partial charge in [-0.3, -0.25) is 4.79 Å². The number of carboxylic acids is 1. The minimum Gasteiger partial charge on any atom is -0.492 e. The molecule has 0 atom stereocenters. The van der Waals surface area contributed by atoms with E-state index < -0.39 is 11.4 Å². The lowest BCUT2D eigenvalue weighted by atomic mass is 9.84. The van der Waals surface area contributed by atoms with Gasteiger partial charge in [0.1, 0.15) is 5.75 Å². The fourth-order valence-electron chi connectivity index (χ4n) is 2.15. The Bertz CT molecular complexity index is 701. The van der Waals surface area contributed by atoms with Crippen molar-refractivity contribution in [3.8, 4) is 17.0 Å². The number of aliphatic carboxylic acids is 1. The second-order valence-electron chi connectivity index (χ2n) is 5.98. The lowest BCUT2D eigenvalue weighted by molar-refractivity contribution is -0.142. The number of nitrogens with zero attached hydrogens (tertiary/aromatic N) is 2. The smallest absolute Gasteiger partial charge is 0.313 e. The average molecular weight is 330 g/mol. The summed E-state index contributed by atoms with van der Waals surface area (Å²) in [6, 6.07) is 9.12. The van der Waals surface area contributed by atoms with Crippen molar-refractivity contribution in [2.45, 2.75) is 25.7 Å². The van der Waals surface area contributed by atoms with Crippen LogP contribution in [0.15, 0.2) is 36.5 Å². The van der Waals surface area contributed by atoms with Crippen LogP contribution >= 0.6 is 0 Å². The zero-order valence-electron chi connectivity index (χ0n) is 14.2. The molecule has 1 N–H and O–H groups in total. The van der Waals surface area contributed by atoms with Crippen LogP contribution in [0, 0.1) is 0 Å². The summed E-state index contributed by atoms with van der Waals surface area (Å²) in [6.45, 7) is 4.52. The molecule has 6 heteroatoms. The monoisotopic (exact) mass is 330 g/mol. The van der Waals surface area contributed by atoms with Crippen molar-refractivity contribution in [3.63, 3.8) is 0 Å². The first kappa shape index (κ1) is 17.9. The van der Waals surface area contributed by atoms with Crippen LogP contribution < -0.4 is 4.74 Å². The van der Waals surface area contributed by atoms with Crippen LogP contribution in [-0.4, -0.2) is 41.6 Å². The Morgan fingerprint density at radius 1 is 1.25 bits per heavy atom. The highest BCUT2D eigenvalue weighted by molar-refractivity contribution is 5.81. The molecule has 0 amide bonds. The Morgan fingerprint density at radius 2 is 2.04 bits per heavy atom. The van der Waals surface area contributed by atoms with E-state index in [4.69, 9.17) is 9.47 Å². The molecular formula is C18H22N2O4. The lowest BCUT2D eigenvalue weighted by Crippen LogP contribution is -2.28. The third-order valence-corrected chi connectivity index (χ3v) is 3.81. The summed E-state index contributed by atoms with van der Waals surface area (Å²) in [5.74, 6) is -0.250. The van der Waals surface area contributed by atoms with Crippen LogP contribution in [0.4, 0.5) is 0 Å². The molecule has 0 bridgehead atoms. The van der Waals surface area contributed by atoms with Gasteiger partial charge in [0.2, 0.25) is 0 Å². The van der Waals surface area contributed by atoms with Gasteiger partial charge in [0.15, 0.2) is 0 Å². The van der Waals surface area contributed by atoms with Gasteiger partial charge in [0.05, 0.1) is 23.9 Å². The van der Waals surface area contributed by atoms with Crippen molar-refractivity contribution in [3.05, 3.63) is 42.1 Å². The van der Waals surface area contributed by atoms with Gasteiger partial charge in [0.25, 0.3) is 0 Å². The SMILES string of the molecule is COCCCOc1cnnc(-c2cccc(C(C)(C)C(=O)O)c2)c1. The summed E-state index contributed by atoms with van der Waals surface area (Å²) in [6.07, 6.45) is 2.35. The quantitative estimate of drug-likeness (QED) is 0.750. The summed E-state index contributed by atoms with van der Waals surface area (Å²) in [4.78, 5) is 11.4. The summed E-state index contributed by atoms with van der Waals surface area (Å²) in [5.41, 5.74) is 1.18. The maximum Gasteiger partial charge on any atom is 0.313 e. The second-order valence-corrected chi connectivity index (χ2v) is 5.98. The van der Waals surface area contributed by atoms with Gasteiger partial charge in [-0.2, -0.15) is 10.2 Å². The third-order valence-electron chi connectivity index (χ3n) is 3.81. The summed E-state index contributed by atoms with van der Waals surface area (Å²) >= 11 is 0. The van der Waals surface area contributed by atoms with Crippen molar-refractivity contribution in [2.24, 2.45) is 0 Å². The highest BCUT2D eigenvalue weighted by atomic mass is 16.5. The van der Waals surface area contributed by atoms with Crippen molar-refractivity contribution >= 4 is 5.97 Å². The van der Waals surface area contributed by atoms with Gasteiger partial charge in [-0.05, 0) is 25.5 Å². The van der Waals surface area contributed by atoms with E-state index >= 15 is 0 Å². The molecule has 6 nitrogen and oxygen atoms in total. The number of hydrogen-bond donors (Lipinski definition) is 1. The zero-order chi connectivity index (χ0) is 17.6. The van der Waals surface area contributed by atoms with Gasteiger partial charge in [-0.15, -0.1) is 0 Å². The molecule has 2 rings (SSSR count). The Kier molecular flexibility index (Phi) is 5.87. The van der Waals surface area contributed by atoms with Gasteiger partial charge < -0.3 is 14.6 Å². The number of ether oxygens (including phenoxy) is 2. The number of rotatable bonds is 8. The van der Waals surface area contributed by atoms with Crippen LogP contribution in [0.25, 0.3) is 11.3 Å². The first-order chi connectivity index (χ1) is 11.4. The zero-order valence-corrected chi connectivity index (χ0v) is 14.2. The number of carbonyl (C=O) groups is 1. The van der Waals surface area contributed by atoms with Crippen molar-refractivity contribution in [1.82, 2.24) is 10.2 Å². The lowest BCUT2D eigenvalue weighted by Gasteiger charge is -2.20. The van der Waals surface area contributed by atoms with E-state index in [-0.39, 0.29) is 0 Å². The second kappa shape index (κ2) is 7.88. The van der Waals surface area contributed by atoms with E-state index in [0.717, 1.165) is 12.0 Å². The predicted molar refractivity (Wildman–Crippen MR) is 90.1 cm³/mol.